The molecule has 1 fully saturated rings. The van der Waals surface area contributed by atoms with Gasteiger partial charge < -0.3 is 15.2 Å². The van der Waals surface area contributed by atoms with Gasteiger partial charge in [-0.1, -0.05) is 30.3 Å². The lowest BCUT2D eigenvalue weighted by atomic mass is 10.1. The van der Waals surface area contributed by atoms with Crippen molar-refractivity contribution in [3.05, 3.63) is 76.0 Å². The number of alkyl halides is 6. The van der Waals surface area contributed by atoms with Gasteiger partial charge in [-0.05, 0) is 59.7 Å². The number of ether oxygens (including phenoxy) is 1. The molecule has 0 spiro atoms. The first-order valence-corrected chi connectivity index (χ1v) is 12.8. The van der Waals surface area contributed by atoms with Crippen molar-refractivity contribution in [3.63, 3.8) is 0 Å². The Morgan fingerprint density at radius 3 is 2.40 bits per heavy atom. The molecular formula is C27H26F6N2O4S. The molecule has 1 aromatic heterocycles. The Balaban J connectivity index is 0.000000559. The summed E-state index contributed by atoms with van der Waals surface area (Å²) in [6.07, 6.45) is -8.48. The number of benzene rings is 2. The average molecular weight is 589 g/mol. The molecule has 2 N–H and O–H groups in total. The van der Waals surface area contributed by atoms with Crippen LogP contribution in [-0.4, -0.2) is 54.8 Å². The topological polar surface area (TPSA) is 78.9 Å². The van der Waals surface area contributed by atoms with Crippen LogP contribution in [0.25, 0.3) is 11.1 Å². The van der Waals surface area contributed by atoms with E-state index in [-0.39, 0.29) is 5.91 Å². The van der Waals surface area contributed by atoms with E-state index in [9.17, 15) is 31.1 Å². The molecule has 1 atom stereocenters. The number of carboxylic acid groups (broad SMARTS) is 1. The lowest BCUT2D eigenvalue weighted by Gasteiger charge is -2.18. The molecule has 216 valence electrons. The Labute approximate surface area is 230 Å². The lowest BCUT2D eigenvalue weighted by Crippen LogP contribution is -2.30. The van der Waals surface area contributed by atoms with Crippen molar-refractivity contribution in [2.75, 3.05) is 26.7 Å². The van der Waals surface area contributed by atoms with Gasteiger partial charge >= 0.3 is 18.3 Å². The number of thiophene rings is 1. The third kappa shape index (κ3) is 8.71. The van der Waals surface area contributed by atoms with E-state index in [0.717, 1.165) is 49.5 Å². The molecule has 40 heavy (non-hydrogen) atoms. The van der Waals surface area contributed by atoms with Crippen molar-refractivity contribution in [3.8, 4) is 16.9 Å². The van der Waals surface area contributed by atoms with Crippen molar-refractivity contribution >= 4 is 23.2 Å². The minimum atomic E-state index is -5.08. The lowest BCUT2D eigenvalue weighted by molar-refractivity contribution is -0.192. The number of halogens is 6. The number of rotatable bonds is 7. The molecular weight excluding hydrogens is 562 g/mol. The van der Waals surface area contributed by atoms with Gasteiger partial charge in [-0.25, -0.2) is 4.79 Å². The van der Waals surface area contributed by atoms with E-state index in [4.69, 9.17) is 14.6 Å². The second kappa shape index (κ2) is 13.2. The summed E-state index contributed by atoms with van der Waals surface area (Å²) in [5, 5.41) is 11.8. The highest BCUT2D eigenvalue weighted by molar-refractivity contribution is 7.12. The minimum Gasteiger partial charge on any atom is -0.496 e. The summed E-state index contributed by atoms with van der Waals surface area (Å²) in [6.45, 7) is 3.22. The highest BCUT2D eigenvalue weighted by Crippen LogP contribution is 2.33. The van der Waals surface area contributed by atoms with Gasteiger partial charge in [0.1, 0.15) is 5.75 Å². The number of para-hydroxylation sites is 1. The van der Waals surface area contributed by atoms with Gasteiger partial charge in [0.2, 0.25) is 0 Å². The highest BCUT2D eigenvalue weighted by atomic mass is 32.1. The fourth-order valence-electron chi connectivity index (χ4n) is 4.10. The number of aliphatic carboxylic acids is 1. The van der Waals surface area contributed by atoms with E-state index in [1.165, 1.54) is 17.4 Å². The van der Waals surface area contributed by atoms with Crippen LogP contribution in [0.4, 0.5) is 26.3 Å². The molecule has 0 saturated carbocycles. The number of carboxylic acids is 1. The molecule has 1 aliphatic rings. The molecule has 0 radical (unpaired) electrons. The Morgan fingerprint density at radius 2 is 1.75 bits per heavy atom. The van der Waals surface area contributed by atoms with Crippen LogP contribution in [0.5, 0.6) is 5.75 Å². The normalized spacial score (nSPS) is 15.7. The third-order valence-corrected chi connectivity index (χ3v) is 7.03. The van der Waals surface area contributed by atoms with E-state index in [1.807, 2.05) is 18.2 Å². The van der Waals surface area contributed by atoms with Crippen molar-refractivity contribution in [2.45, 2.75) is 25.3 Å². The maximum Gasteiger partial charge on any atom is 0.490 e. The van der Waals surface area contributed by atoms with Gasteiger partial charge in [0.15, 0.2) is 0 Å². The molecule has 13 heteroatoms. The second-order valence-corrected chi connectivity index (χ2v) is 9.90. The summed E-state index contributed by atoms with van der Waals surface area (Å²) in [5.74, 6) is -1.72. The Kier molecular flexibility index (Phi) is 10.2. The predicted molar refractivity (Wildman–Crippen MR) is 137 cm³/mol. The van der Waals surface area contributed by atoms with Crippen LogP contribution in [-0.2, 0) is 17.5 Å². The van der Waals surface area contributed by atoms with E-state index < -0.39 is 23.9 Å². The molecule has 2 heterocycles. The van der Waals surface area contributed by atoms with Crippen molar-refractivity contribution in [1.82, 2.24) is 10.2 Å². The molecule has 4 rings (SSSR count). The monoisotopic (exact) mass is 588 g/mol. The molecule has 1 unspecified atom stereocenters. The first-order valence-electron chi connectivity index (χ1n) is 12.0. The average Bonchev–Trinajstić information content (AvgIpc) is 3.57. The Bertz CT molecular complexity index is 1310. The second-order valence-electron chi connectivity index (χ2n) is 8.99. The summed E-state index contributed by atoms with van der Waals surface area (Å²) in [4.78, 5) is 24.4. The number of hydrogen-bond donors (Lipinski definition) is 2. The first kappa shape index (κ1) is 31.0. The van der Waals surface area contributed by atoms with Crippen molar-refractivity contribution in [2.24, 2.45) is 5.92 Å². The number of carbonyl (C=O) groups excluding carboxylic acids is 1. The van der Waals surface area contributed by atoms with Crippen LogP contribution in [0.3, 0.4) is 0 Å². The van der Waals surface area contributed by atoms with E-state index in [2.05, 4.69) is 16.3 Å². The SMILES string of the molecule is COc1ccccc1CN1CCC(CNC(=O)c2cc(-c3cccc(C(F)(F)F)c3)cs2)C1.O=C(O)C(F)(F)F. The molecule has 0 bridgehead atoms. The van der Waals surface area contributed by atoms with E-state index >= 15 is 0 Å². The summed E-state index contributed by atoms with van der Waals surface area (Å²) in [6, 6.07) is 14.8. The molecule has 2 aromatic carbocycles. The fraction of sp³-hybridized carbons (Fsp3) is 0.333. The van der Waals surface area contributed by atoms with Crippen LogP contribution in [0.15, 0.2) is 60.0 Å². The summed E-state index contributed by atoms with van der Waals surface area (Å²) >= 11 is 1.24. The maximum absolute atomic E-state index is 13.0. The van der Waals surface area contributed by atoms with Crippen LogP contribution >= 0.6 is 11.3 Å². The number of hydrogen-bond acceptors (Lipinski definition) is 5. The Morgan fingerprint density at radius 1 is 1.05 bits per heavy atom. The van der Waals surface area contributed by atoms with Crippen LogP contribution < -0.4 is 10.1 Å². The van der Waals surface area contributed by atoms with Crippen molar-refractivity contribution < 1.29 is 45.8 Å². The number of nitrogens with one attached hydrogen (secondary N) is 1. The summed E-state index contributed by atoms with van der Waals surface area (Å²) < 4.78 is 76.1. The Hall–Kier alpha value is -3.58. The number of carbonyl (C=O) groups is 2. The molecule has 6 nitrogen and oxygen atoms in total. The van der Waals surface area contributed by atoms with E-state index in [0.29, 0.717) is 28.5 Å². The predicted octanol–water partition coefficient (Wildman–Crippen LogP) is 6.33. The zero-order valence-corrected chi connectivity index (χ0v) is 22.0. The van der Waals surface area contributed by atoms with Gasteiger partial charge in [0, 0.05) is 25.2 Å². The van der Waals surface area contributed by atoms with Crippen LogP contribution in [0.2, 0.25) is 0 Å². The smallest absolute Gasteiger partial charge is 0.490 e. The van der Waals surface area contributed by atoms with Crippen LogP contribution in [0, 0.1) is 5.92 Å². The molecule has 1 amide bonds. The number of amides is 1. The zero-order chi connectivity index (χ0) is 29.5. The molecule has 1 saturated heterocycles. The number of likely N-dealkylation sites (tertiary alicyclic amines) is 1. The zero-order valence-electron chi connectivity index (χ0n) is 21.2. The van der Waals surface area contributed by atoms with Crippen LogP contribution in [0.1, 0.15) is 27.2 Å². The van der Waals surface area contributed by atoms with Gasteiger partial charge in [-0.15, -0.1) is 11.3 Å². The molecule has 3 aromatic rings. The largest absolute Gasteiger partial charge is 0.496 e. The maximum atomic E-state index is 13.0. The summed E-state index contributed by atoms with van der Waals surface area (Å²) in [5.41, 5.74) is 1.50. The van der Waals surface area contributed by atoms with Gasteiger partial charge in [-0.3, -0.25) is 9.69 Å². The minimum absolute atomic E-state index is 0.193. The fourth-order valence-corrected chi connectivity index (χ4v) is 4.94. The molecule has 0 aliphatic carbocycles. The first-order chi connectivity index (χ1) is 18.8. The standard InChI is InChI=1S/C25H25F3N2O2S.C2HF3O2/c1-32-22-8-3-2-5-19(22)15-30-10-9-17(14-30)13-29-24(31)23-12-20(16-33-23)18-6-4-7-21(11-18)25(26,27)28;3-2(4,5)1(6)7/h2-8,11-12,16-17H,9-10,13-15H2,1H3,(H,29,31);(H,6,7). The third-order valence-electron chi connectivity index (χ3n) is 6.10. The highest BCUT2D eigenvalue weighted by Gasteiger charge is 2.38. The number of methoxy groups -OCH3 is 1. The quantitative estimate of drug-likeness (QED) is 0.316. The summed E-state index contributed by atoms with van der Waals surface area (Å²) in [7, 11) is 1.67. The number of nitrogens with zero attached hydrogens (tertiary/aromatic N) is 1. The van der Waals surface area contributed by atoms with Crippen molar-refractivity contribution in [1.29, 1.82) is 0 Å². The van der Waals surface area contributed by atoms with Gasteiger partial charge in [0.25, 0.3) is 5.91 Å². The van der Waals surface area contributed by atoms with E-state index in [1.54, 1.807) is 24.6 Å². The van der Waals surface area contributed by atoms with Gasteiger partial charge in [-0.2, -0.15) is 26.3 Å². The molecule has 1 aliphatic heterocycles. The van der Waals surface area contributed by atoms with Gasteiger partial charge in [0.05, 0.1) is 17.6 Å².